The lowest BCUT2D eigenvalue weighted by Crippen LogP contribution is -2.13. The van der Waals surface area contributed by atoms with Gasteiger partial charge in [-0.1, -0.05) is 13.0 Å². The first-order valence-corrected chi connectivity index (χ1v) is 9.16. The van der Waals surface area contributed by atoms with Crippen LogP contribution in [-0.2, 0) is 11.2 Å². The van der Waals surface area contributed by atoms with Crippen LogP contribution in [0.4, 0.5) is 11.5 Å². The van der Waals surface area contributed by atoms with Crippen LogP contribution in [0, 0.1) is 0 Å². The van der Waals surface area contributed by atoms with Gasteiger partial charge in [0.05, 0.1) is 6.54 Å². The lowest BCUT2D eigenvalue weighted by molar-refractivity contribution is -0.114. The number of hydrogen-bond acceptors (Lipinski definition) is 6. The fraction of sp³-hybridized carbons (Fsp3) is 0.238. The Morgan fingerprint density at radius 1 is 1.11 bits per heavy atom. The monoisotopic (exact) mass is 377 g/mol. The molecule has 7 heteroatoms. The van der Waals surface area contributed by atoms with Gasteiger partial charge in [0.25, 0.3) is 0 Å². The van der Waals surface area contributed by atoms with Crippen LogP contribution in [0.3, 0.4) is 0 Å². The second-order valence-electron chi connectivity index (χ2n) is 6.14. The summed E-state index contributed by atoms with van der Waals surface area (Å²) in [5, 5.41) is 6.03. The quantitative estimate of drug-likeness (QED) is 0.584. The van der Waals surface area contributed by atoms with Gasteiger partial charge in [-0.2, -0.15) is 0 Å². The molecule has 0 aliphatic heterocycles. The third kappa shape index (κ3) is 5.51. The number of nitrogens with one attached hydrogen (secondary N) is 2. The number of aromatic nitrogens is 3. The van der Waals surface area contributed by atoms with E-state index >= 15 is 0 Å². The standard InChI is InChI=1S/C21H23N5O2/c1-3-17-14-20(26-21(25-17)16-7-9-22-10-8-16)23-11-12-28-19-6-4-5-18(13-19)24-15(2)27/h4-10,13-14H,3,11-12H2,1-2H3,(H,24,27)(H,23,25,26). The van der Waals surface area contributed by atoms with Crippen LogP contribution in [0.1, 0.15) is 19.5 Å². The topological polar surface area (TPSA) is 89.0 Å². The summed E-state index contributed by atoms with van der Waals surface area (Å²) in [5.41, 5.74) is 2.61. The predicted molar refractivity (Wildman–Crippen MR) is 109 cm³/mol. The van der Waals surface area contributed by atoms with Gasteiger partial charge in [0.15, 0.2) is 5.82 Å². The Morgan fingerprint density at radius 2 is 1.93 bits per heavy atom. The number of carbonyl (C=O) groups is 1. The molecule has 1 amide bonds. The molecule has 144 valence electrons. The molecule has 2 heterocycles. The van der Waals surface area contributed by atoms with Gasteiger partial charge >= 0.3 is 0 Å². The number of amides is 1. The second-order valence-corrected chi connectivity index (χ2v) is 6.14. The van der Waals surface area contributed by atoms with E-state index in [1.807, 2.05) is 36.4 Å². The summed E-state index contributed by atoms with van der Waals surface area (Å²) in [5.74, 6) is 2.02. The van der Waals surface area contributed by atoms with E-state index in [4.69, 9.17) is 4.74 Å². The summed E-state index contributed by atoms with van der Waals surface area (Å²) in [4.78, 5) is 24.4. The molecule has 0 radical (unpaired) electrons. The predicted octanol–water partition coefficient (Wildman–Crippen LogP) is 3.55. The Kier molecular flexibility index (Phi) is 6.51. The highest BCUT2D eigenvalue weighted by atomic mass is 16.5. The maximum absolute atomic E-state index is 11.1. The van der Waals surface area contributed by atoms with Crippen molar-refractivity contribution in [2.45, 2.75) is 20.3 Å². The largest absolute Gasteiger partial charge is 0.492 e. The number of anilines is 2. The van der Waals surface area contributed by atoms with Crippen LogP contribution in [0.2, 0.25) is 0 Å². The molecule has 0 bridgehead atoms. The highest BCUT2D eigenvalue weighted by molar-refractivity contribution is 5.88. The number of carbonyl (C=O) groups excluding carboxylic acids is 1. The Balaban J connectivity index is 1.60. The molecule has 3 aromatic rings. The molecule has 0 spiro atoms. The zero-order valence-electron chi connectivity index (χ0n) is 16.0. The van der Waals surface area contributed by atoms with E-state index in [1.165, 1.54) is 6.92 Å². The maximum atomic E-state index is 11.1. The molecular weight excluding hydrogens is 354 g/mol. The highest BCUT2D eigenvalue weighted by Gasteiger charge is 2.06. The molecule has 0 aliphatic carbocycles. The molecular formula is C21H23N5O2. The van der Waals surface area contributed by atoms with Crippen molar-refractivity contribution >= 4 is 17.4 Å². The van der Waals surface area contributed by atoms with Gasteiger partial charge in [0.2, 0.25) is 5.91 Å². The van der Waals surface area contributed by atoms with Crippen molar-refractivity contribution in [3.8, 4) is 17.1 Å². The average Bonchev–Trinajstić information content (AvgIpc) is 2.71. The zero-order chi connectivity index (χ0) is 19.8. The number of nitrogens with zero attached hydrogens (tertiary/aromatic N) is 3. The molecule has 0 saturated carbocycles. The number of ether oxygens (including phenoxy) is 1. The van der Waals surface area contributed by atoms with E-state index in [9.17, 15) is 4.79 Å². The van der Waals surface area contributed by atoms with Crippen molar-refractivity contribution in [3.63, 3.8) is 0 Å². The number of pyridine rings is 1. The molecule has 0 unspecified atom stereocenters. The minimum Gasteiger partial charge on any atom is -0.492 e. The molecule has 0 fully saturated rings. The maximum Gasteiger partial charge on any atom is 0.221 e. The third-order valence-corrected chi connectivity index (χ3v) is 3.91. The molecule has 2 aromatic heterocycles. The van der Waals surface area contributed by atoms with E-state index in [0.717, 1.165) is 23.5 Å². The van der Waals surface area contributed by atoms with Crippen molar-refractivity contribution in [1.29, 1.82) is 0 Å². The van der Waals surface area contributed by atoms with Gasteiger partial charge < -0.3 is 15.4 Å². The number of benzene rings is 1. The fourth-order valence-corrected chi connectivity index (χ4v) is 2.61. The van der Waals surface area contributed by atoms with E-state index in [2.05, 4.69) is 32.5 Å². The number of rotatable bonds is 8. The normalized spacial score (nSPS) is 10.4. The van der Waals surface area contributed by atoms with Crippen molar-refractivity contribution in [1.82, 2.24) is 15.0 Å². The first-order valence-electron chi connectivity index (χ1n) is 9.16. The Labute approximate surface area is 164 Å². The smallest absolute Gasteiger partial charge is 0.221 e. The van der Waals surface area contributed by atoms with Crippen LogP contribution in [-0.4, -0.2) is 34.0 Å². The zero-order valence-corrected chi connectivity index (χ0v) is 16.0. The Bertz CT molecular complexity index is 931. The molecule has 0 atom stereocenters. The summed E-state index contributed by atoms with van der Waals surface area (Å²) in [6.07, 6.45) is 4.28. The van der Waals surface area contributed by atoms with E-state index in [-0.39, 0.29) is 5.91 Å². The van der Waals surface area contributed by atoms with E-state index in [0.29, 0.717) is 30.4 Å². The van der Waals surface area contributed by atoms with Crippen LogP contribution >= 0.6 is 0 Å². The summed E-state index contributed by atoms with van der Waals surface area (Å²) < 4.78 is 5.76. The third-order valence-electron chi connectivity index (χ3n) is 3.91. The molecule has 7 nitrogen and oxygen atoms in total. The average molecular weight is 377 g/mol. The highest BCUT2D eigenvalue weighted by Crippen LogP contribution is 2.19. The molecule has 1 aromatic carbocycles. The molecule has 0 saturated heterocycles. The van der Waals surface area contributed by atoms with E-state index < -0.39 is 0 Å². The van der Waals surface area contributed by atoms with Gasteiger partial charge in [-0.25, -0.2) is 9.97 Å². The molecule has 28 heavy (non-hydrogen) atoms. The fourth-order valence-electron chi connectivity index (χ4n) is 2.61. The first-order chi connectivity index (χ1) is 13.6. The van der Waals surface area contributed by atoms with Crippen LogP contribution in [0.25, 0.3) is 11.4 Å². The lowest BCUT2D eigenvalue weighted by atomic mass is 10.2. The first kappa shape index (κ1) is 19.3. The molecule has 2 N–H and O–H groups in total. The second kappa shape index (κ2) is 9.45. The lowest BCUT2D eigenvalue weighted by Gasteiger charge is -2.11. The summed E-state index contributed by atoms with van der Waals surface area (Å²) in [6.45, 7) is 4.58. The minimum absolute atomic E-state index is 0.112. The van der Waals surface area contributed by atoms with Crippen molar-refractivity contribution < 1.29 is 9.53 Å². The van der Waals surface area contributed by atoms with Crippen molar-refractivity contribution in [3.05, 3.63) is 60.6 Å². The number of aryl methyl sites for hydroxylation is 1. The SMILES string of the molecule is CCc1cc(NCCOc2cccc(NC(C)=O)c2)nc(-c2ccncc2)n1. The van der Waals surface area contributed by atoms with Crippen LogP contribution in [0.5, 0.6) is 5.75 Å². The summed E-state index contributed by atoms with van der Waals surface area (Å²) >= 11 is 0. The van der Waals surface area contributed by atoms with Crippen LogP contribution < -0.4 is 15.4 Å². The van der Waals surface area contributed by atoms with Gasteiger partial charge in [-0.05, 0) is 30.7 Å². The van der Waals surface area contributed by atoms with Gasteiger partial charge in [-0.15, -0.1) is 0 Å². The number of hydrogen-bond donors (Lipinski definition) is 2. The van der Waals surface area contributed by atoms with E-state index in [1.54, 1.807) is 18.5 Å². The summed E-state index contributed by atoms with van der Waals surface area (Å²) in [6, 6.07) is 13.0. The van der Waals surface area contributed by atoms with Crippen molar-refractivity contribution in [2.24, 2.45) is 0 Å². The minimum atomic E-state index is -0.112. The molecule has 3 rings (SSSR count). The van der Waals surface area contributed by atoms with Crippen molar-refractivity contribution in [2.75, 3.05) is 23.8 Å². The Morgan fingerprint density at radius 3 is 2.68 bits per heavy atom. The van der Waals surface area contributed by atoms with Gasteiger partial charge in [-0.3, -0.25) is 9.78 Å². The van der Waals surface area contributed by atoms with Gasteiger partial charge in [0, 0.05) is 48.4 Å². The van der Waals surface area contributed by atoms with Crippen LogP contribution in [0.15, 0.2) is 54.9 Å². The molecule has 0 aliphatic rings. The van der Waals surface area contributed by atoms with Gasteiger partial charge in [0.1, 0.15) is 18.2 Å². The summed E-state index contributed by atoms with van der Waals surface area (Å²) in [7, 11) is 0. The Hall–Kier alpha value is -3.48.